The van der Waals surface area contributed by atoms with Gasteiger partial charge < -0.3 is 15.1 Å². The lowest BCUT2D eigenvalue weighted by atomic mass is 10.0. The zero-order valence-electron chi connectivity index (χ0n) is 12.3. The third-order valence-corrected chi connectivity index (χ3v) is 4.58. The smallest absolute Gasteiger partial charge is 0.0117 e. The van der Waals surface area contributed by atoms with Crippen molar-refractivity contribution in [3.05, 3.63) is 0 Å². The van der Waals surface area contributed by atoms with Crippen molar-refractivity contribution in [1.82, 2.24) is 15.1 Å². The van der Waals surface area contributed by atoms with Crippen molar-refractivity contribution in [2.24, 2.45) is 0 Å². The number of nitrogens with one attached hydrogen (secondary N) is 1. The molecule has 3 heteroatoms. The normalized spacial score (nSPS) is 22.8. The van der Waals surface area contributed by atoms with Gasteiger partial charge in [0.1, 0.15) is 0 Å². The van der Waals surface area contributed by atoms with Crippen molar-refractivity contribution in [2.75, 3.05) is 39.8 Å². The van der Waals surface area contributed by atoms with E-state index in [9.17, 15) is 0 Å². The summed E-state index contributed by atoms with van der Waals surface area (Å²) in [4.78, 5) is 5.17. The molecule has 0 aromatic rings. The maximum absolute atomic E-state index is 3.60. The van der Waals surface area contributed by atoms with Crippen molar-refractivity contribution < 1.29 is 0 Å². The Balaban J connectivity index is 1.49. The van der Waals surface area contributed by atoms with Gasteiger partial charge in [-0.15, -0.1) is 0 Å². The summed E-state index contributed by atoms with van der Waals surface area (Å²) in [6, 6.07) is 1.71. The molecule has 3 nitrogen and oxygen atoms in total. The van der Waals surface area contributed by atoms with E-state index >= 15 is 0 Å². The molecule has 1 saturated heterocycles. The van der Waals surface area contributed by atoms with Crippen LogP contribution in [0, 0.1) is 0 Å². The second kappa shape index (κ2) is 7.46. The van der Waals surface area contributed by atoms with Crippen LogP contribution in [0.25, 0.3) is 0 Å². The fourth-order valence-corrected chi connectivity index (χ4v) is 2.94. The number of hydrogen-bond donors (Lipinski definition) is 1. The SMILES string of the molecule is CCN1CCC(N(C)CCCCNC2CC2)CC1. The van der Waals surface area contributed by atoms with Gasteiger partial charge in [0.25, 0.3) is 0 Å². The molecule has 1 saturated carbocycles. The summed E-state index contributed by atoms with van der Waals surface area (Å²) in [6.07, 6.45) is 8.25. The minimum Gasteiger partial charge on any atom is -0.314 e. The van der Waals surface area contributed by atoms with Gasteiger partial charge in [0.05, 0.1) is 0 Å². The summed E-state index contributed by atoms with van der Waals surface area (Å²) in [7, 11) is 2.32. The summed E-state index contributed by atoms with van der Waals surface area (Å²) >= 11 is 0. The zero-order chi connectivity index (χ0) is 12.8. The van der Waals surface area contributed by atoms with Gasteiger partial charge in [0, 0.05) is 12.1 Å². The van der Waals surface area contributed by atoms with E-state index in [0.29, 0.717) is 0 Å². The highest BCUT2D eigenvalue weighted by Gasteiger charge is 2.21. The Hall–Kier alpha value is -0.120. The number of hydrogen-bond acceptors (Lipinski definition) is 3. The molecular weight excluding hydrogens is 222 g/mol. The highest BCUT2D eigenvalue weighted by atomic mass is 15.2. The van der Waals surface area contributed by atoms with Crippen LogP contribution in [0.3, 0.4) is 0 Å². The molecule has 0 bridgehead atoms. The molecule has 0 unspecified atom stereocenters. The molecule has 18 heavy (non-hydrogen) atoms. The first-order valence-electron chi connectivity index (χ1n) is 7.95. The van der Waals surface area contributed by atoms with Gasteiger partial charge in [0.2, 0.25) is 0 Å². The van der Waals surface area contributed by atoms with Crippen LogP contribution in [-0.2, 0) is 0 Å². The average molecular weight is 253 g/mol. The molecule has 2 rings (SSSR count). The number of piperidine rings is 1. The number of nitrogens with zero attached hydrogens (tertiary/aromatic N) is 2. The van der Waals surface area contributed by atoms with E-state index in [1.54, 1.807) is 0 Å². The van der Waals surface area contributed by atoms with Gasteiger partial charge in [-0.05, 0) is 78.3 Å². The van der Waals surface area contributed by atoms with Crippen molar-refractivity contribution in [3.63, 3.8) is 0 Å². The van der Waals surface area contributed by atoms with Crippen molar-refractivity contribution in [2.45, 2.75) is 57.5 Å². The summed E-state index contributed by atoms with van der Waals surface area (Å²) in [5.74, 6) is 0. The maximum Gasteiger partial charge on any atom is 0.0117 e. The Bertz CT molecular complexity index is 220. The average Bonchev–Trinajstić information content (AvgIpc) is 3.22. The number of rotatable bonds is 8. The molecule has 0 amide bonds. The van der Waals surface area contributed by atoms with E-state index in [2.05, 4.69) is 29.1 Å². The molecule has 2 aliphatic rings. The lowest BCUT2D eigenvalue weighted by Gasteiger charge is -2.36. The van der Waals surface area contributed by atoms with E-state index in [4.69, 9.17) is 0 Å². The van der Waals surface area contributed by atoms with E-state index in [0.717, 1.165) is 12.1 Å². The van der Waals surface area contributed by atoms with Gasteiger partial charge in [-0.3, -0.25) is 0 Å². The third-order valence-electron chi connectivity index (χ3n) is 4.58. The molecule has 0 radical (unpaired) electrons. The Labute approximate surface area is 113 Å². The summed E-state index contributed by atoms with van der Waals surface area (Å²) in [6.45, 7) is 8.61. The topological polar surface area (TPSA) is 18.5 Å². The quantitative estimate of drug-likeness (QED) is 0.667. The third kappa shape index (κ3) is 4.87. The standard InChI is InChI=1S/C15H31N3/c1-3-18-12-8-15(9-13-18)17(2)11-5-4-10-16-14-6-7-14/h14-16H,3-13H2,1-2H3. The molecule has 106 valence electrons. The molecule has 1 heterocycles. The Morgan fingerprint density at radius 3 is 2.44 bits per heavy atom. The largest absolute Gasteiger partial charge is 0.314 e. The molecule has 1 aliphatic heterocycles. The molecule has 0 spiro atoms. The van der Waals surface area contributed by atoms with Crippen LogP contribution in [0.4, 0.5) is 0 Å². The second-order valence-corrected chi connectivity index (χ2v) is 6.08. The number of unbranched alkanes of at least 4 members (excludes halogenated alkanes) is 1. The van der Waals surface area contributed by atoms with Crippen LogP contribution in [0.2, 0.25) is 0 Å². The van der Waals surface area contributed by atoms with Crippen LogP contribution < -0.4 is 5.32 Å². The van der Waals surface area contributed by atoms with E-state index in [1.807, 2.05) is 0 Å². The van der Waals surface area contributed by atoms with Gasteiger partial charge in [-0.2, -0.15) is 0 Å². The minimum atomic E-state index is 0.837. The van der Waals surface area contributed by atoms with E-state index in [-0.39, 0.29) is 0 Å². The first-order chi connectivity index (χ1) is 8.79. The van der Waals surface area contributed by atoms with Crippen molar-refractivity contribution in [1.29, 1.82) is 0 Å². The molecular formula is C15H31N3. The van der Waals surface area contributed by atoms with Gasteiger partial charge >= 0.3 is 0 Å². The first kappa shape index (κ1) is 14.3. The lowest BCUT2D eigenvalue weighted by molar-refractivity contribution is 0.130. The van der Waals surface area contributed by atoms with Crippen LogP contribution in [0.15, 0.2) is 0 Å². The maximum atomic E-state index is 3.60. The molecule has 0 aromatic heterocycles. The minimum absolute atomic E-state index is 0.837. The summed E-state index contributed by atoms with van der Waals surface area (Å²) in [5.41, 5.74) is 0. The van der Waals surface area contributed by atoms with Gasteiger partial charge in [-0.1, -0.05) is 6.92 Å². The predicted octanol–water partition coefficient (Wildman–Crippen LogP) is 1.93. The van der Waals surface area contributed by atoms with Gasteiger partial charge in [-0.25, -0.2) is 0 Å². The number of likely N-dealkylation sites (tertiary alicyclic amines) is 1. The second-order valence-electron chi connectivity index (χ2n) is 6.08. The van der Waals surface area contributed by atoms with E-state index in [1.165, 1.54) is 71.2 Å². The molecule has 1 N–H and O–H groups in total. The Kier molecular flexibility index (Phi) is 5.93. The fourth-order valence-electron chi connectivity index (χ4n) is 2.94. The van der Waals surface area contributed by atoms with Crippen LogP contribution in [-0.4, -0.2) is 61.7 Å². The summed E-state index contributed by atoms with van der Waals surface area (Å²) in [5, 5.41) is 3.60. The van der Waals surface area contributed by atoms with Crippen LogP contribution in [0.1, 0.15) is 45.4 Å². The highest BCUT2D eigenvalue weighted by molar-refractivity contribution is 4.81. The Morgan fingerprint density at radius 1 is 1.11 bits per heavy atom. The molecule has 0 atom stereocenters. The highest BCUT2D eigenvalue weighted by Crippen LogP contribution is 2.18. The molecule has 0 aromatic carbocycles. The summed E-state index contributed by atoms with van der Waals surface area (Å²) < 4.78 is 0. The van der Waals surface area contributed by atoms with Crippen LogP contribution >= 0.6 is 0 Å². The predicted molar refractivity (Wildman–Crippen MR) is 78.0 cm³/mol. The first-order valence-corrected chi connectivity index (χ1v) is 7.95. The van der Waals surface area contributed by atoms with E-state index < -0.39 is 0 Å². The van der Waals surface area contributed by atoms with Crippen molar-refractivity contribution >= 4 is 0 Å². The zero-order valence-corrected chi connectivity index (χ0v) is 12.3. The molecule has 2 fully saturated rings. The van der Waals surface area contributed by atoms with Crippen molar-refractivity contribution in [3.8, 4) is 0 Å². The molecule has 1 aliphatic carbocycles. The Morgan fingerprint density at radius 2 is 1.83 bits per heavy atom. The van der Waals surface area contributed by atoms with Gasteiger partial charge in [0.15, 0.2) is 0 Å². The lowest BCUT2D eigenvalue weighted by Crippen LogP contribution is -2.43. The fraction of sp³-hybridized carbons (Fsp3) is 1.00. The van der Waals surface area contributed by atoms with Crippen LogP contribution in [0.5, 0.6) is 0 Å². The monoisotopic (exact) mass is 253 g/mol.